The minimum absolute atomic E-state index is 0.0814. The number of halogens is 1. The molecule has 0 heterocycles. The molecule has 2 rings (SSSR count). The molecule has 0 aliphatic rings. The monoisotopic (exact) mass is 347 g/mol. The van der Waals surface area contributed by atoms with Crippen molar-refractivity contribution in [2.24, 2.45) is 0 Å². The van der Waals surface area contributed by atoms with E-state index in [2.05, 4.69) is 12.2 Å². The minimum Gasteiger partial charge on any atom is -0.494 e. The van der Waals surface area contributed by atoms with E-state index in [0.717, 1.165) is 12.2 Å². The van der Waals surface area contributed by atoms with Crippen LogP contribution >= 0.6 is 11.6 Å². The molecule has 0 saturated carbocycles. The summed E-state index contributed by atoms with van der Waals surface area (Å²) in [4.78, 5) is 11.9. The number of carbonyl (C=O) groups excluding carboxylic acids is 1. The number of carbonyl (C=O) groups is 1. The van der Waals surface area contributed by atoms with Gasteiger partial charge in [-0.3, -0.25) is 4.79 Å². The zero-order chi connectivity index (χ0) is 17.2. The smallest absolute Gasteiger partial charge is 0.262 e. The van der Waals surface area contributed by atoms with Crippen LogP contribution in [-0.2, 0) is 4.79 Å². The Bertz CT molecular complexity index is 643. The second-order valence-electron chi connectivity index (χ2n) is 5.34. The molecule has 0 radical (unpaired) electrons. The summed E-state index contributed by atoms with van der Waals surface area (Å²) < 4.78 is 11.1. The molecule has 0 aliphatic heterocycles. The van der Waals surface area contributed by atoms with Gasteiger partial charge in [0.25, 0.3) is 5.91 Å². The third kappa shape index (κ3) is 6.13. The lowest BCUT2D eigenvalue weighted by molar-refractivity contribution is -0.118. The Balaban J connectivity index is 1.75. The highest BCUT2D eigenvalue weighted by molar-refractivity contribution is 6.33. The molecular formula is C19H22ClNO3. The van der Waals surface area contributed by atoms with Crippen molar-refractivity contribution in [2.75, 3.05) is 18.5 Å². The van der Waals surface area contributed by atoms with Crippen molar-refractivity contribution in [3.8, 4) is 11.5 Å². The van der Waals surface area contributed by atoms with Crippen LogP contribution in [0.25, 0.3) is 0 Å². The highest BCUT2D eigenvalue weighted by atomic mass is 35.5. The van der Waals surface area contributed by atoms with E-state index in [0.29, 0.717) is 23.1 Å². The minimum atomic E-state index is -0.261. The number of rotatable bonds is 9. The number of amides is 1. The Morgan fingerprint density at radius 2 is 1.67 bits per heavy atom. The summed E-state index contributed by atoms with van der Waals surface area (Å²) in [6.45, 7) is 2.80. The molecule has 0 bridgehead atoms. The molecule has 0 spiro atoms. The molecule has 0 saturated heterocycles. The van der Waals surface area contributed by atoms with E-state index in [-0.39, 0.29) is 12.5 Å². The predicted molar refractivity (Wildman–Crippen MR) is 97.0 cm³/mol. The average Bonchev–Trinajstić information content (AvgIpc) is 2.60. The predicted octanol–water partition coefficient (Wildman–Crippen LogP) is 4.93. The molecule has 1 N–H and O–H groups in total. The Morgan fingerprint density at radius 3 is 2.33 bits per heavy atom. The summed E-state index contributed by atoms with van der Waals surface area (Å²) >= 11 is 5.99. The third-order valence-electron chi connectivity index (χ3n) is 3.36. The molecule has 5 heteroatoms. The zero-order valence-corrected chi connectivity index (χ0v) is 14.5. The van der Waals surface area contributed by atoms with Crippen LogP contribution in [0, 0.1) is 0 Å². The van der Waals surface area contributed by atoms with Crippen LogP contribution in [-0.4, -0.2) is 19.1 Å². The number of hydrogen-bond donors (Lipinski definition) is 1. The van der Waals surface area contributed by atoms with Gasteiger partial charge in [-0.25, -0.2) is 0 Å². The maximum absolute atomic E-state index is 11.9. The number of anilines is 1. The quantitative estimate of drug-likeness (QED) is 0.654. The first-order valence-corrected chi connectivity index (χ1v) is 8.47. The SMILES string of the molecule is CCCCCOc1ccc(OCC(=O)Nc2ccccc2Cl)cc1. The summed E-state index contributed by atoms with van der Waals surface area (Å²) in [5, 5.41) is 3.21. The molecule has 4 nitrogen and oxygen atoms in total. The zero-order valence-electron chi connectivity index (χ0n) is 13.8. The van der Waals surface area contributed by atoms with Crippen LogP contribution in [0.4, 0.5) is 5.69 Å². The number of hydrogen-bond acceptors (Lipinski definition) is 3. The van der Waals surface area contributed by atoms with Gasteiger partial charge in [-0.2, -0.15) is 0 Å². The fourth-order valence-corrected chi connectivity index (χ4v) is 2.25. The number of nitrogens with one attached hydrogen (secondary N) is 1. The van der Waals surface area contributed by atoms with Gasteiger partial charge in [-0.15, -0.1) is 0 Å². The van der Waals surface area contributed by atoms with Crippen LogP contribution in [0.15, 0.2) is 48.5 Å². The third-order valence-corrected chi connectivity index (χ3v) is 3.69. The Labute approximate surface area is 147 Å². The molecule has 0 unspecified atom stereocenters. The van der Waals surface area contributed by atoms with Crippen LogP contribution in [0.1, 0.15) is 26.2 Å². The molecular weight excluding hydrogens is 326 g/mol. The molecule has 2 aromatic rings. The molecule has 0 atom stereocenters. The molecule has 0 fully saturated rings. The highest BCUT2D eigenvalue weighted by Gasteiger charge is 2.06. The number of benzene rings is 2. The fourth-order valence-electron chi connectivity index (χ4n) is 2.07. The van der Waals surface area contributed by atoms with Crippen molar-refractivity contribution < 1.29 is 14.3 Å². The number of ether oxygens (including phenoxy) is 2. The number of para-hydroxylation sites is 1. The van der Waals surface area contributed by atoms with Crippen molar-refractivity contribution in [3.63, 3.8) is 0 Å². The van der Waals surface area contributed by atoms with E-state index in [1.165, 1.54) is 12.8 Å². The highest BCUT2D eigenvalue weighted by Crippen LogP contribution is 2.21. The Kier molecular flexibility index (Phi) is 7.43. The fraction of sp³-hybridized carbons (Fsp3) is 0.316. The van der Waals surface area contributed by atoms with E-state index >= 15 is 0 Å². The van der Waals surface area contributed by atoms with E-state index in [1.807, 2.05) is 18.2 Å². The molecule has 0 aliphatic carbocycles. The average molecular weight is 348 g/mol. The second-order valence-corrected chi connectivity index (χ2v) is 5.75. The molecule has 0 aromatic heterocycles. The van der Waals surface area contributed by atoms with E-state index < -0.39 is 0 Å². The summed E-state index contributed by atoms with van der Waals surface area (Å²) in [7, 11) is 0. The van der Waals surface area contributed by atoms with E-state index in [1.54, 1.807) is 30.3 Å². The van der Waals surface area contributed by atoms with Crippen molar-refractivity contribution in [2.45, 2.75) is 26.2 Å². The van der Waals surface area contributed by atoms with Gasteiger partial charge < -0.3 is 14.8 Å². The van der Waals surface area contributed by atoms with Gasteiger partial charge in [0.1, 0.15) is 11.5 Å². The van der Waals surface area contributed by atoms with E-state index in [9.17, 15) is 4.79 Å². The van der Waals surface area contributed by atoms with Gasteiger partial charge >= 0.3 is 0 Å². The Morgan fingerprint density at radius 1 is 1.00 bits per heavy atom. The molecule has 128 valence electrons. The summed E-state index contributed by atoms with van der Waals surface area (Å²) in [5.74, 6) is 1.16. The van der Waals surface area contributed by atoms with Crippen LogP contribution < -0.4 is 14.8 Å². The van der Waals surface area contributed by atoms with Gasteiger partial charge in [0, 0.05) is 0 Å². The first-order chi connectivity index (χ1) is 11.7. The summed E-state index contributed by atoms with van der Waals surface area (Å²) in [5.41, 5.74) is 0.573. The topological polar surface area (TPSA) is 47.6 Å². The molecule has 1 amide bonds. The first kappa shape index (κ1) is 18.1. The van der Waals surface area contributed by atoms with Crippen molar-refractivity contribution >= 4 is 23.2 Å². The van der Waals surface area contributed by atoms with Crippen LogP contribution in [0.2, 0.25) is 5.02 Å². The van der Waals surface area contributed by atoms with Gasteiger partial charge in [-0.05, 0) is 42.8 Å². The lowest BCUT2D eigenvalue weighted by Crippen LogP contribution is -2.20. The van der Waals surface area contributed by atoms with Crippen LogP contribution in [0.5, 0.6) is 11.5 Å². The lowest BCUT2D eigenvalue weighted by Gasteiger charge is -2.10. The van der Waals surface area contributed by atoms with Crippen LogP contribution in [0.3, 0.4) is 0 Å². The second kappa shape index (κ2) is 9.83. The molecule has 2 aromatic carbocycles. The van der Waals surface area contributed by atoms with Gasteiger partial charge in [0.15, 0.2) is 6.61 Å². The summed E-state index contributed by atoms with van der Waals surface area (Å²) in [6.07, 6.45) is 3.39. The normalized spacial score (nSPS) is 10.2. The first-order valence-electron chi connectivity index (χ1n) is 8.09. The lowest BCUT2D eigenvalue weighted by atomic mass is 10.3. The molecule has 24 heavy (non-hydrogen) atoms. The van der Waals surface area contributed by atoms with Gasteiger partial charge in [0.05, 0.1) is 17.3 Å². The van der Waals surface area contributed by atoms with Gasteiger partial charge in [-0.1, -0.05) is 43.5 Å². The standard InChI is InChI=1S/C19H22ClNO3/c1-2-3-6-13-23-15-9-11-16(12-10-15)24-14-19(22)21-18-8-5-4-7-17(18)20/h4-5,7-12H,2-3,6,13-14H2,1H3,(H,21,22). The van der Waals surface area contributed by atoms with Crippen molar-refractivity contribution in [1.82, 2.24) is 0 Å². The van der Waals surface area contributed by atoms with Crippen molar-refractivity contribution in [1.29, 1.82) is 0 Å². The van der Waals surface area contributed by atoms with Gasteiger partial charge in [0.2, 0.25) is 0 Å². The Hall–Kier alpha value is -2.20. The number of unbranched alkanes of at least 4 members (excludes halogenated alkanes) is 2. The largest absolute Gasteiger partial charge is 0.494 e. The summed E-state index contributed by atoms with van der Waals surface area (Å²) in [6, 6.07) is 14.3. The van der Waals surface area contributed by atoms with Crippen molar-refractivity contribution in [3.05, 3.63) is 53.6 Å². The maximum atomic E-state index is 11.9. The maximum Gasteiger partial charge on any atom is 0.262 e. The van der Waals surface area contributed by atoms with E-state index in [4.69, 9.17) is 21.1 Å².